The molecule has 1 fully saturated rings. The van der Waals surface area contributed by atoms with Gasteiger partial charge in [0.05, 0.1) is 16.2 Å². The molecule has 9 heteroatoms. The van der Waals surface area contributed by atoms with Gasteiger partial charge in [0.1, 0.15) is 5.82 Å². The summed E-state index contributed by atoms with van der Waals surface area (Å²) >= 11 is 6.64. The maximum absolute atomic E-state index is 8.99. The second kappa shape index (κ2) is 8.30. The third-order valence-corrected chi connectivity index (χ3v) is 5.12. The zero-order valence-corrected chi connectivity index (χ0v) is 16.2. The number of hydrogen-bond donors (Lipinski definition) is 3. The van der Waals surface area contributed by atoms with Crippen LogP contribution >= 0.6 is 11.6 Å². The third-order valence-electron chi connectivity index (χ3n) is 4.80. The van der Waals surface area contributed by atoms with E-state index in [-0.39, 0.29) is 18.8 Å². The Morgan fingerprint density at radius 2 is 2.21 bits per heavy atom. The molecule has 8 nitrogen and oxygen atoms in total. The lowest BCUT2D eigenvalue weighted by Crippen LogP contribution is -2.19. The van der Waals surface area contributed by atoms with Crippen LogP contribution in [0.1, 0.15) is 31.9 Å². The molecule has 1 atom stereocenters. The van der Waals surface area contributed by atoms with Crippen molar-refractivity contribution in [3.8, 4) is 11.3 Å². The van der Waals surface area contributed by atoms with Crippen LogP contribution in [0.2, 0.25) is 5.02 Å². The minimum atomic E-state index is -0.0864. The Morgan fingerprint density at radius 1 is 1.32 bits per heavy atom. The van der Waals surface area contributed by atoms with Crippen molar-refractivity contribution in [3.05, 3.63) is 29.4 Å². The number of nitrogens with one attached hydrogen (secondary N) is 1. The number of rotatable bonds is 6. The largest absolute Gasteiger partial charge is 0.396 e. The molecule has 0 aliphatic carbocycles. The SMILES string of the molecule is Nc1nc(NCCCO)c2cc(Cl)c(-c3ccnn3C3CCCCO3)cc2n1. The molecular weight excluding hydrogens is 380 g/mol. The fraction of sp³-hybridized carbons (Fsp3) is 0.421. The quantitative estimate of drug-likeness (QED) is 0.543. The minimum absolute atomic E-state index is 0.0864. The number of nitrogens with zero attached hydrogens (tertiary/aromatic N) is 4. The summed E-state index contributed by atoms with van der Waals surface area (Å²) < 4.78 is 7.77. The Kier molecular flexibility index (Phi) is 5.61. The lowest BCUT2D eigenvalue weighted by atomic mass is 10.1. The topological polar surface area (TPSA) is 111 Å². The van der Waals surface area contributed by atoms with Crippen LogP contribution in [0.15, 0.2) is 24.4 Å². The van der Waals surface area contributed by atoms with Gasteiger partial charge in [-0.15, -0.1) is 0 Å². The smallest absolute Gasteiger partial charge is 0.222 e. The van der Waals surface area contributed by atoms with E-state index in [1.807, 2.05) is 22.9 Å². The predicted molar refractivity (Wildman–Crippen MR) is 109 cm³/mol. The number of nitrogen functional groups attached to an aromatic ring is 1. The van der Waals surface area contributed by atoms with Crippen LogP contribution in [0.4, 0.5) is 11.8 Å². The van der Waals surface area contributed by atoms with Crippen LogP contribution < -0.4 is 11.1 Å². The van der Waals surface area contributed by atoms with Crippen LogP contribution in [0.25, 0.3) is 22.2 Å². The highest BCUT2D eigenvalue weighted by Gasteiger charge is 2.21. The average Bonchev–Trinajstić information content (AvgIpc) is 3.18. The molecule has 1 aliphatic heterocycles. The van der Waals surface area contributed by atoms with Crippen molar-refractivity contribution in [1.82, 2.24) is 19.7 Å². The zero-order valence-electron chi connectivity index (χ0n) is 15.4. The second-order valence-electron chi connectivity index (χ2n) is 6.77. The summed E-state index contributed by atoms with van der Waals surface area (Å²) in [7, 11) is 0. The number of halogens is 1. The van der Waals surface area contributed by atoms with Gasteiger partial charge in [0.15, 0.2) is 6.23 Å². The van der Waals surface area contributed by atoms with E-state index >= 15 is 0 Å². The molecule has 3 heterocycles. The summed E-state index contributed by atoms with van der Waals surface area (Å²) in [5, 5.41) is 18.0. The van der Waals surface area contributed by atoms with E-state index in [4.69, 9.17) is 27.2 Å². The van der Waals surface area contributed by atoms with Gasteiger partial charge in [-0.1, -0.05) is 11.6 Å². The standard InChI is InChI=1S/C19H23ClN6O2/c20-14-10-13-15(24-19(21)25-18(13)22-6-3-8-27)11-12(14)16-5-7-23-26(16)17-4-1-2-9-28-17/h5,7,10-11,17,27H,1-4,6,8-9H2,(H3,21,22,24,25). The Morgan fingerprint density at radius 3 is 3.00 bits per heavy atom. The Hall–Kier alpha value is -2.42. The minimum Gasteiger partial charge on any atom is -0.396 e. The first-order valence-electron chi connectivity index (χ1n) is 9.44. The highest BCUT2D eigenvalue weighted by atomic mass is 35.5. The zero-order chi connectivity index (χ0) is 19.5. The Labute approximate surface area is 167 Å². The number of benzene rings is 1. The molecule has 148 valence electrons. The van der Waals surface area contributed by atoms with Crippen LogP contribution in [0.5, 0.6) is 0 Å². The van der Waals surface area contributed by atoms with Gasteiger partial charge >= 0.3 is 0 Å². The molecule has 0 radical (unpaired) electrons. The van der Waals surface area contributed by atoms with Gasteiger partial charge in [0.25, 0.3) is 0 Å². The van der Waals surface area contributed by atoms with Gasteiger partial charge in [-0.25, -0.2) is 9.67 Å². The summed E-state index contributed by atoms with van der Waals surface area (Å²) in [4.78, 5) is 8.65. The van der Waals surface area contributed by atoms with Crippen molar-refractivity contribution in [1.29, 1.82) is 0 Å². The van der Waals surface area contributed by atoms with Crippen molar-refractivity contribution in [2.75, 3.05) is 30.8 Å². The molecule has 1 aliphatic rings. The summed E-state index contributed by atoms with van der Waals surface area (Å²) in [6.45, 7) is 1.42. The molecule has 0 spiro atoms. The lowest BCUT2D eigenvalue weighted by Gasteiger charge is -2.24. The molecule has 2 aromatic heterocycles. The van der Waals surface area contributed by atoms with E-state index in [9.17, 15) is 0 Å². The van der Waals surface area contributed by atoms with Crippen molar-refractivity contribution in [2.45, 2.75) is 31.9 Å². The second-order valence-corrected chi connectivity index (χ2v) is 7.17. The summed E-state index contributed by atoms with van der Waals surface area (Å²) in [6.07, 6.45) is 5.39. The van der Waals surface area contributed by atoms with Gasteiger partial charge in [-0.05, 0) is 43.9 Å². The van der Waals surface area contributed by atoms with E-state index in [2.05, 4.69) is 20.4 Å². The average molecular weight is 403 g/mol. The Bertz CT molecular complexity index is 970. The van der Waals surface area contributed by atoms with E-state index in [0.717, 1.165) is 42.5 Å². The molecule has 1 unspecified atom stereocenters. The number of anilines is 2. The number of fused-ring (bicyclic) bond motifs is 1. The van der Waals surface area contributed by atoms with E-state index in [1.54, 1.807) is 6.20 Å². The van der Waals surface area contributed by atoms with Crippen LogP contribution in [0.3, 0.4) is 0 Å². The molecule has 0 bridgehead atoms. The van der Waals surface area contributed by atoms with Crippen LogP contribution in [-0.4, -0.2) is 44.6 Å². The summed E-state index contributed by atoms with van der Waals surface area (Å²) in [6, 6.07) is 5.67. The third kappa shape index (κ3) is 3.76. The first-order chi connectivity index (χ1) is 13.7. The highest BCUT2D eigenvalue weighted by molar-refractivity contribution is 6.34. The van der Waals surface area contributed by atoms with Gasteiger partial charge < -0.3 is 20.9 Å². The van der Waals surface area contributed by atoms with Crippen LogP contribution in [-0.2, 0) is 4.74 Å². The van der Waals surface area contributed by atoms with Gasteiger partial charge in [-0.3, -0.25) is 0 Å². The molecule has 3 aromatic rings. The lowest BCUT2D eigenvalue weighted by molar-refractivity contribution is -0.0383. The fourth-order valence-electron chi connectivity index (χ4n) is 3.46. The molecule has 4 rings (SSSR count). The maximum Gasteiger partial charge on any atom is 0.222 e. The first-order valence-corrected chi connectivity index (χ1v) is 9.82. The van der Waals surface area contributed by atoms with Crippen molar-refractivity contribution in [3.63, 3.8) is 0 Å². The van der Waals surface area contributed by atoms with Crippen LogP contribution in [0, 0.1) is 0 Å². The number of nitrogens with two attached hydrogens (primary N) is 1. The van der Waals surface area contributed by atoms with E-state index in [0.29, 0.717) is 29.3 Å². The van der Waals surface area contributed by atoms with Crippen molar-refractivity contribution >= 4 is 34.3 Å². The number of aromatic nitrogens is 4. The first kappa shape index (κ1) is 18.9. The predicted octanol–water partition coefficient (Wildman–Crippen LogP) is 3.22. The number of aliphatic hydroxyl groups is 1. The number of ether oxygens (including phenoxy) is 1. The number of aliphatic hydroxyl groups excluding tert-OH is 1. The Balaban J connectivity index is 1.75. The maximum atomic E-state index is 8.99. The highest BCUT2D eigenvalue weighted by Crippen LogP contribution is 2.36. The molecule has 4 N–H and O–H groups in total. The monoisotopic (exact) mass is 402 g/mol. The van der Waals surface area contributed by atoms with Crippen molar-refractivity contribution in [2.24, 2.45) is 0 Å². The number of hydrogen-bond acceptors (Lipinski definition) is 7. The van der Waals surface area contributed by atoms with Gasteiger partial charge in [-0.2, -0.15) is 10.1 Å². The van der Waals surface area contributed by atoms with E-state index in [1.165, 1.54) is 0 Å². The molecule has 0 saturated carbocycles. The molecular formula is C19H23ClN6O2. The summed E-state index contributed by atoms with van der Waals surface area (Å²) in [5.74, 6) is 0.782. The van der Waals surface area contributed by atoms with Crippen molar-refractivity contribution < 1.29 is 9.84 Å². The van der Waals surface area contributed by atoms with Gasteiger partial charge in [0, 0.05) is 36.9 Å². The normalized spacial score (nSPS) is 17.1. The molecule has 28 heavy (non-hydrogen) atoms. The fourth-order valence-corrected chi connectivity index (χ4v) is 3.72. The summed E-state index contributed by atoms with van der Waals surface area (Å²) in [5.41, 5.74) is 8.29. The van der Waals surface area contributed by atoms with Gasteiger partial charge in [0.2, 0.25) is 5.95 Å². The van der Waals surface area contributed by atoms with E-state index < -0.39 is 0 Å². The molecule has 1 aromatic carbocycles. The molecule has 1 saturated heterocycles. The molecule has 0 amide bonds.